The highest BCUT2D eigenvalue weighted by Crippen LogP contribution is 2.23. The maximum Gasteiger partial charge on any atom is 0.387 e. The first-order valence-corrected chi connectivity index (χ1v) is 12.0. The molecule has 0 bridgehead atoms. The summed E-state index contributed by atoms with van der Waals surface area (Å²) >= 11 is 0. The van der Waals surface area contributed by atoms with E-state index in [1.54, 1.807) is 12.1 Å². The van der Waals surface area contributed by atoms with E-state index >= 15 is 0 Å². The molecule has 4 rings (SSSR count). The van der Waals surface area contributed by atoms with Crippen molar-refractivity contribution < 1.29 is 13.5 Å². The van der Waals surface area contributed by atoms with Gasteiger partial charge in [-0.25, -0.2) is 4.98 Å². The van der Waals surface area contributed by atoms with Gasteiger partial charge in [0.25, 0.3) is 0 Å². The lowest BCUT2D eigenvalue weighted by Gasteiger charge is -2.24. The molecule has 0 unspecified atom stereocenters. The molecule has 0 aliphatic carbocycles. The van der Waals surface area contributed by atoms with Crippen LogP contribution in [0.15, 0.2) is 91.1 Å². The molecule has 4 aromatic rings. The van der Waals surface area contributed by atoms with Gasteiger partial charge in [0.15, 0.2) is 0 Å². The average molecular weight is 476 g/mol. The molecular weight excluding hydrogens is 444 g/mol. The van der Waals surface area contributed by atoms with E-state index in [4.69, 9.17) is 4.98 Å². The highest BCUT2D eigenvalue weighted by atomic mass is 19.3. The lowest BCUT2D eigenvalue weighted by Crippen LogP contribution is -2.24. The van der Waals surface area contributed by atoms with Crippen LogP contribution in [0.1, 0.15) is 36.6 Å². The lowest BCUT2D eigenvalue weighted by atomic mass is 10.1. The largest absolute Gasteiger partial charge is 0.435 e. The third-order valence-electron chi connectivity index (χ3n) is 5.89. The summed E-state index contributed by atoms with van der Waals surface area (Å²) in [6, 6.07) is 27.5. The summed E-state index contributed by atoms with van der Waals surface area (Å²) in [4.78, 5) is 7.15. The first-order valence-electron chi connectivity index (χ1n) is 12.0. The van der Waals surface area contributed by atoms with E-state index in [2.05, 4.69) is 45.4 Å². The molecule has 0 fully saturated rings. The third kappa shape index (κ3) is 6.99. The Morgan fingerprint density at radius 3 is 2.09 bits per heavy atom. The van der Waals surface area contributed by atoms with Crippen molar-refractivity contribution in [2.75, 3.05) is 0 Å². The summed E-state index contributed by atoms with van der Waals surface area (Å²) in [5.74, 6) is 1.16. The Labute approximate surface area is 205 Å². The van der Waals surface area contributed by atoms with E-state index in [0.29, 0.717) is 13.1 Å². The monoisotopic (exact) mass is 475 g/mol. The summed E-state index contributed by atoms with van der Waals surface area (Å²) in [5.41, 5.74) is 4.52. The summed E-state index contributed by atoms with van der Waals surface area (Å²) in [6.07, 6.45) is 4.16. The van der Waals surface area contributed by atoms with Gasteiger partial charge in [0.05, 0.1) is 11.9 Å². The molecule has 0 spiro atoms. The highest BCUT2D eigenvalue weighted by molar-refractivity contribution is 5.55. The summed E-state index contributed by atoms with van der Waals surface area (Å²) in [7, 11) is 0. The molecule has 1 aromatic heterocycles. The van der Waals surface area contributed by atoms with E-state index in [1.165, 1.54) is 5.56 Å². The Hall–Kier alpha value is -3.51. The molecule has 0 aliphatic rings. The minimum atomic E-state index is -2.82. The fraction of sp³-hybridized carbons (Fsp3) is 0.276. The Bertz CT molecular complexity index is 1160. The zero-order valence-electron chi connectivity index (χ0n) is 20.0. The molecular formula is C29H31F2N3O. The minimum Gasteiger partial charge on any atom is -0.435 e. The second-order valence-electron chi connectivity index (χ2n) is 8.60. The van der Waals surface area contributed by atoms with Gasteiger partial charge < -0.3 is 9.30 Å². The molecule has 4 nitrogen and oxygen atoms in total. The van der Waals surface area contributed by atoms with Crippen LogP contribution in [-0.4, -0.2) is 21.1 Å². The predicted molar refractivity (Wildman–Crippen MR) is 135 cm³/mol. The van der Waals surface area contributed by atoms with Crippen molar-refractivity contribution in [1.29, 1.82) is 0 Å². The predicted octanol–water partition coefficient (Wildman–Crippen LogP) is 7.15. The highest BCUT2D eigenvalue weighted by Gasteiger charge is 2.16. The lowest BCUT2D eigenvalue weighted by molar-refractivity contribution is -0.0498. The molecule has 0 atom stereocenters. The van der Waals surface area contributed by atoms with E-state index < -0.39 is 6.61 Å². The molecule has 0 amide bonds. The Kier molecular flexibility index (Phi) is 8.63. The molecule has 0 N–H and O–H groups in total. The van der Waals surface area contributed by atoms with Crippen LogP contribution in [0.2, 0.25) is 0 Å². The average Bonchev–Trinajstić information content (AvgIpc) is 3.27. The third-order valence-corrected chi connectivity index (χ3v) is 5.89. The molecule has 0 radical (unpaired) electrons. The summed E-state index contributed by atoms with van der Waals surface area (Å²) in [6.45, 7) is 2.43. The van der Waals surface area contributed by atoms with Crippen molar-refractivity contribution in [3.63, 3.8) is 0 Å². The van der Waals surface area contributed by atoms with Gasteiger partial charge in [0.1, 0.15) is 11.6 Å². The molecule has 182 valence electrons. The summed E-state index contributed by atoms with van der Waals surface area (Å²) in [5, 5.41) is 0. The SMILES string of the molecule is CCCCn1c(CN(Cc2ccccc2)Cc2ccc(OC(F)F)cc2)cnc1-c1ccccc1. The number of imidazole rings is 1. The molecule has 0 saturated heterocycles. The number of alkyl halides is 2. The van der Waals surface area contributed by atoms with Gasteiger partial charge in [0.2, 0.25) is 0 Å². The van der Waals surface area contributed by atoms with E-state index in [1.807, 2.05) is 54.7 Å². The fourth-order valence-corrected chi connectivity index (χ4v) is 4.19. The van der Waals surface area contributed by atoms with E-state index in [-0.39, 0.29) is 5.75 Å². The number of benzene rings is 3. The van der Waals surface area contributed by atoms with Crippen LogP contribution in [0.25, 0.3) is 11.4 Å². The van der Waals surface area contributed by atoms with Crippen LogP contribution in [-0.2, 0) is 26.2 Å². The Morgan fingerprint density at radius 2 is 1.46 bits per heavy atom. The van der Waals surface area contributed by atoms with Crippen LogP contribution in [0, 0.1) is 0 Å². The van der Waals surface area contributed by atoms with E-state index in [0.717, 1.165) is 48.6 Å². The van der Waals surface area contributed by atoms with Gasteiger partial charge >= 0.3 is 6.61 Å². The van der Waals surface area contributed by atoms with Crippen molar-refractivity contribution >= 4 is 0 Å². The van der Waals surface area contributed by atoms with Crippen molar-refractivity contribution in [3.05, 3.63) is 108 Å². The molecule has 6 heteroatoms. The minimum absolute atomic E-state index is 0.170. The van der Waals surface area contributed by atoms with Crippen LogP contribution >= 0.6 is 0 Å². The number of aromatic nitrogens is 2. The maximum atomic E-state index is 12.5. The van der Waals surface area contributed by atoms with Crippen molar-refractivity contribution in [2.45, 2.75) is 52.6 Å². The summed E-state index contributed by atoms with van der Waals surface area (Å²) < 4.78 is 31.9. The zero-order valence-corrected chi connectivity index (χ0v) is 20.0. The van der Waals surface area contributed by atoms with Crippen LogP contribution in [0.4, 0.5) is 8.78 Å². The number of hydrogen-bond donors (Lipinski definition) is 0. The number of halogens is 2. The Morgan fingerprint density at radius 1 is 0.829 bits per heavy atom. The van der Waals surface area contributed by atoms with Gasteiger partial charge in [-0.15, -0.1) is 0 Å². The number of ether oxygens (including phenoxy) is 1. The number of hydrogen-bond acceptors (Lipinski definition) is 3. The second kappa shape index (κ2) is 12.3. The fourth-order valence-electron chi connectivity index (χ4n) is 4.19. The normalized spacial score (nSPS) is 11.3. The van der Waals surface area contributed by atoms with Gasteiger partial charge in [-0.2, -0.15) is 8.78 Å². The molecule has 1 heterocycles. The molecule has 0 aliphatic heterocycles. The van der Waals surface area contributed by atoms with Gasteiger partial charge in [0, 0.05) is 31.7 Å². The van der Waals surface area contributed by atoms with Crippen LogP contribution in [0.5, 0.6) is 5.75 Å². The first-order chi connectivity index (χ1) is 17.1. The molecule has 35 heavy (non-hydrogen) atoms. The van der Waals surface area contributed by atoms with E-state index in [9.17, 15) is 8.78 Å². The molecule has 0 saturated carbocycles. The van der Waals surface area contributed by atoms with Crippen molar-refractivity contribution in [1.82, 2.24) is 14.5 Å². The number of unbranched alkanes of at least 4 members (excludes halogenated alkanes) is 1. The van der Waals surface area contributed by atoms with Crippen molar-refractivity contribution in [3.8, 4) is 17.1 Å². The standard InChI is InChI=1S/C29H31F2N3O/c1-2-3-18-34-26(19-32-28(34)25-12-8-5-9-13-25)22-33(20-23-10-6-4-7-11-23)21-24-14-16-27(17-15-24)35-29(30)31/h4-17,19,29H,2-3,18,20-22H2,1H3. The zero-order chi connectivity index (χ0) is 24.5. The number of nitrogens with zero attached hydrogens (tertiary/aromatic N) is 3. The maximum absolute atomic E-state index is 12.5. The van der Waals surface area contributed by atoms with Gasteiger partial charge in [-0.3, -0.25) is 4.90 Å². The second-order valence-corrected chi connectivity index (χ2v) is 8.60. The smallest absolute Gasteiger partial charge is 0.387 e. The quantitative estimate of drug-likeness (QED) is 0.218. The van der Waals surface area contributed by atoms with Gasteiger partial charge in [-0.1, -0.05) is 86.1 Å². The Balaban J connectivity index is 1.59. The first kappa shape index (κ1) is 24.6. The topological polar surface area (TPSA) is 30.3 Å². The molecule has 3 aromatic carbocycles. The van der Waals surface area contributed by atoms with Crippen LogP contribution in [0.3, 0.4) is 0 Å². The number of rotatable bonds is 12. The van der Waals surface area contributed by atoms with Gasteiger partial charge in [-0.05, 0) is 29.7 Å². The van der Waals surface area contributed by atoms with Crippen LogP contribution < -0.4 is 4.74 Å². The van der Waals surface area contributed by atoms with Crippen molar-refractivity contribution in [2.24, 2.45) is 0 Å².